The number of halogens is 1. The summed E-state index contributed by atoms with van der Waals surface area (Å²) in [7, 11) is 1.61. The molecule has 4 fully saturated rings. The maximum atomic E-state index is 12.9. The molecule has 0 radical (unpaired) electrons. The Kier molecular flexibility index (Phi) is 3.56. The molecule has 25 heavy (non-hydrogen) atoms. The standard InChI is InChI=1S/C19H21ClN2O2S/c1-24-13-3-2-12-10-14(25-16(12)15(13)20)18(23)21-17-11-4-8-22(9-5-11)19(17)6-7-19/h2-3,10-11,17H,4-9H2,1H3,(H,21,23). The van der Waals surface area contributed by atoms with E-state index in [2.05, 4.69) is 10.2 Å². The molecule has 1 spiro atoms. The number of nitrogens with one attached hydrogen (secondary N) is 1. The number of ether oxygens (including phenoxy) is 1. The average Bonchev–Trinajstić information content (AvgIpc) is 3.28. The van der Waals surface area contributed by atoms with Gasteiger partial charge >= 0.3 is 0 Å². The number of rotatable bonds is 3. The molecule has 3 aliphatic heterocycles. The van der Waals surface area contributed by atoms with Crippen LogP contribution in [0.15, 0.2) is 18.2 Å². The molecule has 4 aliphatic rings. The first-order chi connectivity index (χ1) is 12.1. The molecule has 132 valence electrons. The molecule has 4 heterocycles. The van der Waals surface area contributed by atoms with Crippen molar-refractivity contribution in [3.8, 4) is 5.75 Å². The fourth-order valence-corrected chi connectivity index (χ4v) is 6.21. The highest BCUT2D eigenvalue weighted by atomic mass is 35.5. The summed E-state index contributed by atoms with van der Waals surface area (Å²) >= 11 is 7.86. The van der Waals surface area contributed by atoms with Crippen molar-refractivity contribution >= 4 is 38.9 Å². The molecule has 1 atom stereocenters. The van der Waals surface area contributed by atoms with Crippen LogP contribution in [-0.2, 0) is 0 Å². The number of methoxy groups -OCH3 is 1. The summed E-state index contributed by atoms with van der Waals surface area (Å²) in [6, 6.07) is 6.06. The number of benzene rings is 1. The van der Waals surface area contributed by atoms with Gasteiger partial charge in [-0.1, -0.05) is 11.6 Å². The molecule has 2 bridgehead atoms. The van der Waals surface area contributed by atoms with Crippen LogP contribution in [0.25, 0.3) is 10.1 Å². The number of hydrogen-bond acceptors (Lipinski definition) is 4. The average molecular weight is 377 g/mol. The molecular formula is C19H21ClN2O2S. The van der Waals surface area contributed by atoms with Gasteiger partial charge in [0.05, 0.1) is 22.7 Å². The van der Waals surface area contributed by atoms with Crippen LogP contribution in [0, 0.1) is 5.92 Å². The van der Waals surface area contributed by atoms with Gasteiger partial charge in [0.25, 0.3) is 5.91 Å². The topological polar surface area (TPSA) is 41.6 Å². The van der Waals surface area contributed by atoms with Crippen molar-refractivity contribution in [2.24, 2.45) is 5.92 Å². The Labute approximate surface area is 156 Å². The Morgan fingerprint density at radius 1 is 1.36 bits per heavy atom. The number of hydrogen-bond donors (Lipinski definition) is 1. The lowest BCUT2D eigenvalue weighted by molar-refractivity contribution is -0.00138. The number of nitrogens with zero attached hydrogens (tertiary/aromatic N) is 1. The van der Waals surface area contributed by atoms with Crippen molar-refractivity contribution in [2.75, 3.05) is 20.2 Å². The van der Waals surface area contributed by atoms with Crippen molar-refractivity contribution < 1.29 is 9.53 Å². The van der Waals surface area contributed by atoms with E-state index >= 15 is 0 Å². The fraction of sp³-hybridized carbons (Fsp3) is 0.526. The van der Waals surface area contributed by atoms with E-state index in [0.29, 0.717) is 22.7 Å². The van der Waals surface area contributed by atoms with E-state index in [4.69, 9.17) is 16.3 Å². The minimum Gasteiger partial charge on any atom is -0.495 e. The van der Waals surface area contributed by atoms with Gasteiger partial charge in [-0.3, -0.25) is 9.69 Å². The molecule has 1 saturated carbocycles. The lowest BCUT2D eigenvalue weighted by Gasteiger charge is -2.52. The van der Waals surface area contributed by atoms with Crippen LogP contribution in [0.3, 0.4) is 0 Å². The summed E-state index contributed by atoms with van der Waals surface area (Å²) in [5, 5.41) is 4.97. The third-order valence-electron chi connectivity index (χ3n) is 6.30. The van der Waals surface area contributed by atoms with Gasteiger partial charge in [0.15, 0.2) is 0 Å². The largest absolute Gasteiger partial charge is 0.495 e. The zero-order valence-electron chi connectivity index (χ0n) is 14.2. The lowest BCUT2D eigenvalue weighted by Crippen LogP contribution is -2.65. The van der Waals surface area contributed by atoms with E-state index in [1.54, 1.807) is 7.11 Å². The van der Waals surface area contributed by atoms with Crippen molar-refractivity contribution in [1.29, 1.82) is 0 Å². The predicted molar refractivity (Wildman–Crippen MR) is 101 cm³/mol. The maximum Gasteiger partial charge on any atom is 0.261 e. The summed E-state index contributed by atoms with van der Waals surface area (Å²) in [4.78, 5) is 16.3. The zero-order valence-corrected chi connectivity index (χ0v) is 15.8. The minimum atomic E-state index is 0.0428. The summed E-state index contributed by atoms with van der Waals surface area (Å²) in [6.07, 6.45) is 4.87. The van der Waals surface area contributed by atoms with E-state index in [1.165, 1.54) is 50.1 Å². The normalized spacial score (nSPS) is 29.1. The highest BCUT2D eigenvalue weighted by Crippen LogP contribution is 2.53. The van der Waals surface area contributed by atoms with Crippen LogP contribution in [0.2, 0.25) is 5.02 Å². The second-order valence-corrected chi connectivity index (χ2v) is 8.92. The number of fused-ring (bicyclic) bond motifs is 3. The van der Waals surface area contributed by atoms with Crippen LogP contribution in [0.1, 0.15) is 35.4 Å². The van der Waals surface area contributed by atoms with E-state index in [1.807, 2.05) is 18.2 Å². The SMILES string of the molecule is COc1ccc2cc(C(=O)NC3C4CCN(CC4)C34CC4)sc2c1Cl. The van der Waals surface area contributed by atoms with E-state index in [9.17, 15) is 4.79 Å². The van der Waals surface area contributed by atoms with Crippen molar-refractivity contribution in [3.63, 3.8) is 0 Å². The van der Waals surface area contributed by atoms with Crippen molar-refractivity contribution in [2.45, 2.75) is 37.3 Å². The highest BCUT2D eigenvalue weighted by molar-refractivity contribution is 7.21. The molecule has 2 aromatic rings. The Hall–Kier alpha value is -1.30. The Morgan fingerprint density at radius 3 is 2.80 bits per heavy atom. The van der Waals surface area contributed by atoms with Gasteiger partial charge in [0.1, 0.15) is 10.8 Å². The second kappa shape index (κ2) is 5.60. The summed E-state index contributed by atoms with van der Waals surface area (Å²) < 4.78 is 6.20. The van der Waals surface area contributed by atoms with Crippen LogP contribution < -0.4 is 10.1 Å². The first-order valence-corrected chi connectivity index (χ1v) is 10.1. The van der Waals surface area contributed by atoms with Crippen LogP contribution >= 0.6 is 22.9 Å². The molecular weight excluding hydrogens is 356 g/mol. The van der Waals surface area contributed by atoms with Gasteiger partial charge in [-0.25, -0.2) is 0 Å². The predicted octanol–water partition coefficient (Wildman–Crippen LogP) is 3.92. The van der Waals surface area contributed by atoms with Crippen LogP contribution in [-0.4, -0.2) is 42.6 Å². The quantitative estimate of drug-likeness (QED) is 0.882. The van der Waals surface area contributed by atoms with Gasteiger partial charge in [-0.2, -0.15) is 0 Å². The molecule has 6 rings (SSSR count). The molecule has 1 amide bonds. The molecule has 3 saturated heterocycles. The maximum absolute atomic E-state index is 12.9. The molecule has 1 N–H and O–H groups in total. The third-order valence-corrected chi connectivity index (χ3v) is 7.96. The highest BCUT2D eigenvalue weighted by Gasteiger charge is 2.60. The summed E-state index contributed by atoms with van der Waals surface area (Å²) in [5.74, 6) is 1.33. The van der Waals surface area contributed by atoms with Gasteiger partial charge in [-0.05, 0) is 68.3 Å². The first kappa shape index (κ1) is 15.9. The van der Waals surface area contributed by atoms with E-state index in [-0.39, 0.29) is 11.4 Å². The third kappa shape index (κ3) is 2.32. The van der Waals surface area contributed by atoms with Gasteiger partial charge in [0.2, 0.25) is 0 Å². The van der Waals surface area contributed by atoms with Gasteiger partial charge in [0, 0.05) is 5.54 Å². The Morgan fingerprint density at radius 2 is 2.12 bits per heavy atom. The Balaban J connectivity index is 1.43. The molecule has 6 heteroatoms. The monoisotopic (exact) mass is 376 g/mol. The summed E-state index contributed by atoms with van der Waals surface area (Å²) in [6.45, 7) is 2.41. The lowest BCUT2D eigenvalue weighted by atomic mass is 9.77. The Bertz CT molecular complexity index is 852. The molecule has 4 nitrogen and oxygen atoms in total. The zero-order chi connectivity index (χ0) is 17.2. The van der Waals surface area contributed by atoms with Gasteiger partial charge < -0.3 is 10.1 Å². The summed E-state index contributed by atoms with van der Waals surface area (Å²) in [5.41, 5.74) is 0.258. The van der Waals surface area contributed by atoms with E-state index in [0.717, 1.165) is 15.0 Å². The fourth-order valence-electron chi connectivity index (χ4n) is 4.85. The number of thiophene rings is 1. The smallest absolute Gasteiger partial charge is 0.261 e. The van der Waals surface area contributed by atoms with Gasteiger partial charge in [-0.15, -0.1) is 11.3 Å². The molecule has 1 unspecified atom stereocenters. The number of carbonyl (C=O) groups excluding carboxylic acids is 1. The molecule has 1 aromatic heterocycles. The number of amides is 1. The van der Waals surface area contributed by atoms with Crippen LogP contribution in [0.4, 0.5) is 0 Å². The van der Waals surface area contributed by atoms with Crippen LogP contribution in [0.5, 0.6) is 5.75 Å². The van der Waals surface area contributed by atoms with Crippen molar-refractivity contribution in [3.05, 3.63) is 28.1 Å². The number of piperidine rings is 3. The number of carbonyl (C=O) groups is 1. The van der Waals surface area contributed by atoms with Crippen molar-refractivity contribution in [1.82, 2.24) is 10.2 Å². The second-order valence-electron chi connectivity index (χ2n) is 7.49. The van der Waals surface area contributed by atoms with E-state index < -0.39 is 0 Å². The minimum absolute atomic E-state index is 0.0428. The molecule has 1 aliphatic carbocycles. The molecule has 1 aromatic carbocycles. The first-order valence-electron chi connectivity index (χ1n) is 8.94.